The van der Waals surface area contributed by atoms with E-state index in [1.54, 1.807) is 17.8 Å². The average molecular weight is 415 g/mol. The van der Waals surface area contributed by atoms with Gasteiger partial charge in [0.05, 0.1) is 13.1 Å². The minimum absolute atomic E-state index is 0.353. The largest absolute Gasteiger partial charge is 0.479 e. The first-order valence-electron chi connectivity index (χ1n) is 5.03. The van der Waals surface area contributed by atoms with Crippen LogP contribution in [0.2, 0.25) is 0 Å². The Hall–Kier alpha value is -0.0500. The second-order valence-electron chi connectivity index (χ2n) is 3.88. The van der Waals surface area contributed by atoms with E-state index in [0.717, 1.165) is 9.54 Å². The summed E-state index contributed by atoms with van der Waals surface area (Å²) in [7, 11) is 0. The predicted octanol–water partition coefficient (Wildman–Crippen LogP) is 2.96. The van der Waals surface area contributed by atoms with Crippen LogP contribution in [0.5, 0.6) is 0 Å². The Balaban J connectivity index is 2.20. The standard InChI is InChI=1S/C10H9Br2NO3S2/c11-6-3-5(7(12)18-6)8(14)13-10(9(15)16)1-2-17-4-10/h3H,1-2,4H2,(H,13,14)(H,15,16). The van der Waals surface area contributed by atoms with Gasteiger partial charge in [-0.3, -0.25) is 4.79 Å². The zero-order chi connectivity index (χ0) is 13.3. The molecule has 8 heteroatoms. The number of rotatable bonds is 3. The van der Waals surface area contributed by atoms with Crippen molar-refractivity contribution in [3.63, 3.8) is 0 Å². The molecule has 1 atom stereocenters. The van der Waals surface area contributed by atoms with Crippen molar-refractivity contribution in [2.45, 2.75) is 12.0 Å². The van der Waals surface area contributed by atoms with Crippen LogP contribution in [-0.4, -0.2) is 34.0 Å². The molecule has 1 aliphatic rings. The number of carboxylic acid groups (broad SMARTS) is 1. The fourth-order valence-corrected chi connectivity index (χ4v) is 5.78. The molecule has 2 rings (SSSR count). The SMILES string of the molecule is O=C(NC1(C(=O)O)CCSC1)c1cc(Br)sc1Br. The Labute approximate surface area is 129 Å². The van der Waals surface area contributed by atoms with Gasteiger partial charge in [-0.2, -0.15) is 11.8 Å². The topological polar surface area (TPSA) is 66.4 Å². The molecule has 1 saturated heterocycles. The Kier molecular flexibility index (Phi) is 4.40. The van der Waals surface area contributed by atoms with Gasteiger partial charge < -0.3 is 10.4 Å². The van der Waals surface area contributed by atoms with Crippen molar-refractivity contribution in [1.82, 2.24) is 5.32 Å². The maximum absolute atomic E-state index is 12.1. The van der Waals surface area contributed by atoms with Gasteiger partial charge >= 0.3 is 5.97 Å². The molecule has 1 aliphatic heterocycles. The molecule has 1 aromatic heterocycles. The van der Waals surface area contributed by atoms with E-state index >= 15 is 0 Å². The summed E-state index contributed by atoms with van der Waals surface area (Å²) in [5, 5.41) is 11.9. The van der Waals surface area contributed by atoms with E-state index < -0.39 is 11.5 Å². The van der Waals surface area contributed by atoms with Crippen LogP contribution in [0.3, 0.4) is 0 Å². The highest BCUT2D eigenvalue weighted by molar-refractivity contribution is 9.12. The first kappa shape index (κ1) is 14.4. The molecule has 1 unspecified atom stereocenters. The van der Waals surface area contributed by atoms with Crippen molar-refractivity contribution in [3.8, 4) is 0 Å². The number of amides is 1. The molecule has 0 aromatic carbocycles. The molecule has 0 spiro atoms. The summed E-state index contributed by atoms with van der Waals surface area (Å²) >= 11 is 9.52. The fourth-order valence-electron chi connectivity index (χ4n) is 1.67. The number of nitrogens with one attached hydrogen (secondary N) is 1. The molecule has 1 amide bonds. The number of carbonyl (C=O) groups excluding carboxylic acids is 1. The van der Waals surface area contributed by atoms with Gasteiger partial charge in [0.15, 0.2) is 0 Å². The smallest absolute Gasteiger partial charge is 0.330 e. The van der Waals surface area contributed by atoms with E-state index in [0.29, 0.717) is 21.5 Å². The Morgan fingerprint density at radius 3 is 2.61 bits per heavy atom. The average Bonchev–Trinajstić information content (AvgIpc) is 2.86. The molecule has 98 valence electrons. The fraction of sp³-hybridized carbons (Fsp3) is 0.400. The minimum atomic E-state index is -1.13. The lowest BCUT2D eigenvalue weighted by atomic mass is 9.99. The summed E-state index contributed by atoms with van der Waals surface area (Å²) < 4.78 is 1.52. The van der Waals surface area contributed by atoms with Crippen molar-refractivity contribution < 1.29 is 14.7 Å². The monoisotopic (exact) mass is 413 g/mol. The van der Waals surface area contributed by atoms with E-state index in [-0.39, 0.29) is 5.91 Å². The van der Waals surface area contributed by atoms with Crippen molar-refractivity contribution >= 4 is 66.8 Å². The lowest BCUT2D eigenvalue weighted by Gasteiger charge is -2.24. The van der Waals surface area contributed by atoms with E-state index in [4.69, 9.17) is 0 Å². The van der Waals surface area contributed by atoms with Crippen LogP contribution in [0.25, 0.3) is 0 Å². The Bertz CT molecular complexity index is 497. The van der Waals surface area contributed by atoms with Crippen LogP contribution in [0, 0.1) is 0 Å². The van der Waals surface area contributed by atoms with Gasteiger partial charge in [0.25, 0.3) is 5.91 Å². The maximum atomic E-state index is 12.1. The molecule has 2 heterocycles. The highest BCUT2D eigenvalue weighted by Gasteiger charge is 2.43. The maximum Gasteiger partial charge on any atom is 0.330 e. The summed E-state index contributed by atoms with van der Waals surface area (Å²) in [5.74, 6) is -0.155. The van der Waals surface area contributed by atoms with E-state index in [1.165, 1.54) is 11.3 Å². The van der Waals surface area contributed by atoms with Gasteiger partial charge in [-0.15, -0.1) is 11.3 Å². The van der Waals surface area contributed by atoms with Gasteiger partial charge in [-0.05, 0) is 50.1 Å². The lowest BCUT2D eigenvalue weighted by Crippen LogP contribution is -2.54. The van der Waals surface area contributed by atoms with Crippen LogP contribution in [-0.2, 0) is 4.79 Å². The Morgan fingerprint density at radius 1 is 1.44 bits per heavy atom. The van der Waals surface area contributed by atoms with Gasteiger partial charge in [0, 0.05) is 5.75 Å². The van der Waals surface area contributed by atoms with Gasteiger partial charge in [-0.25, -0.2) is 4.79 Å². The van der Waals surface area contributed by atoms with Crippen LogP contribution in [0.15, 0.2) is 13.6 Å². The third-order valence-electron chi connectivity index (χ3n) is 2.69. The van der Waals surface area contributed by atoms with Crippen molar-refractivity contribution in [3.05, 3.63) is 19.2 Å². The summed E-state index contributed by atoms with van der Waals surface area (Å²) in [4.78, 5) is 23.5. The first-order valence-corrected chi connectivity index (χ1v) is 8.59. The number of carbonyl (C=O) groups is 2. The first-order chi connectivity index (χ1) is 8.44. The molecule has 0 aliphatic carbocycles. The van der Waals surface area contributed by atoms with Crippen molar-refractivity contribution in [1.29, 1.82) is 0 Å². The molecule has 2 N–H and O–H groups in total. The van der Waals surface area contributed by atoms with Crippen LogP contribution in [0.4, 0.5) is 0 Å². The number of halogens is 2. The zero-order valence-corrected chi connectivity index (χ0v) is 13.8. The van der Waals surface area contributed by atoms with Crippen LogP contribution in [0.1, 0.15) is 16.8 Å². The van der Waals surface area contributed by atoms with E-state index in [1.807, 2.05) is 0 Å². The molecule has 1 fully saturated rings. The molecule has 0 saturated carbocycles. The molecular weight excluding hydrogens is 406 g/mol. The lowest BCUT2D eigenvalue weighted by molar-refractivity contribution is -0.143. The molecule has 4 nitrogen and oxygen atoms in total. The number of carboxylic acids is 1. The number of hydrogen-bond donors (Lipinski definition) is 2. The molecule has 0 bridgehead atoms. The molecule has 1 aromatic rings. The van der Waals surface area contributed by atoms with Crippen molar-refractivity contribution in [2.75, 3.05) is 11.5 Å². The van der Waals surface area contributed by atoms with Gasteiger partial charge in [-0.1, -0.05) is 0 Å². The van der Waals surface area contributed by atoms with Crippen molar-refractivity contribution in [2.24, 2.45) is 0 Å². The number of aliphatic carboxylic acids is 1. The third kappa shape index (κ3) is 2.76. The third-order valence-corrected chi connectivity index (χ3v) is 6.21. The number of thioether (sulfide) groups is 1. The van der Waals surface area contributed by atoms with Crippen LogP contribution < -0.4 is 5.32 Å². The normalized spacial score (nSPS) is 23.0. The highest BCUT2D eigenvalue weighted by Crippen LogP contribution is 2.33. The highest BCUT2D eigenvalue weighted by atomic mass is 79.9. The van der Waals surface area contributed by atoms with Gasteiger partial charge in [0.2, 0.25) is 0 Å². The summed E-state index contributed by atoms with van der Waals surface area (Å²) in [6, 6.07) is 1.68. The quantitative estimate of drug-likeness (QED) is 0.797. The molecular formula is C10H9Br2NO3S2. The number of thiophene rings is 1. The summed E-state index contributed by atoms with van der Waals surface area (Å²) in [6.45, 7) is 0. The summed E-state index contributed by atoms with van der Waals surface area (Å²) in [6.07, 6.45) is 0.460. The van der Waals surface area contributed by atoms with Crippen LogP contribution >= 0.6 is 55.0 Å². The Morgan fingerprint density at radius 2 is 2.17 bits per heavy atom. The second-order valence-corrected chi connectivity index (χ2v) is 8.74. The summed E-state index contributed by atoms with van der Waals surface area (Å²) in [5.41, 5.74) is -0.667. The second kappa shape index (κ2) is 5.52. The van der Waals surface area contributed by atoms with E-state index in [9.17, 15) is 14.7 Å². The molecule has 0 radical (unpaired) electrons. The zero-order valence-electron chi connectivity index (χ0n) is 9.03. The van der Waals surface area contributed by atoms with E-state index in [2.05, 4.69) is 37.2 Å². The number of hydrogen-bond acceptors (Lipinski definition) is 4. The molecule has 18 heavy (non-hydrogen) atoms. The van der Waals surface area contributed by atoms with Gasteiger partial charge in [0.1, 0.15) is 5.54 Å². The predicted molar refractivity (Wildman–Crippen MR) is 79.5 cm³/mol. The minimum Gasteiger partial charge on any atom is -0.479 e.